The van der Waals surface area contributed by atoms with E-state index in [1.807, 2.05) is 6.92 Å². The minimum Gasteiger partial charge on any atom is -0.466 e. The summed E-state index contributed by atoms with van der Waals surface area (Å²) in [7, 11) is 0. The second-order valence-electron chi connectivity index (χ2n) is 4.53. The second-order valence-corrected chi connectivity index (χ2v) is 4.53. The summed E-state index contributed by atoms with van der Waals surface area (Å²) in [4.78, 5) is 16.0. The molecule has 0 unspecified atom stereocenters. The van der Waals surface area contributed by atoms with Gasteiger partial charge in [0.15, 0.2) is 0 Å². The van der Waals surface area contributed by atoms with Crippen molar-refractivity contribution >= 4 is 5.97 Å². The van der Waals surface area contributed by atoms with E-state index in [0.29, 0.717) is 19.1 Å². The van der Waals surface area contributed by atoms with Crippen molar-refractivity contribution in [3.8, 4) is 0 Å². The second kappa shape index (κ2) is 6.86. The summed E-state index contributed by atoms with van der Waals surface area (Å²) in [6, 6.07) is 0.632. The molecule has 94 valence electrons. The molecule has 1 heterocycles. The number of ether oxygens (including phenoxy) is 1. The Balaban J connectivity index is 2.15. The molecule has 1 aliphatic rings. The summed E-state index contributed by atoms with van der Waals surface area (Å²) in [5, 5.41) is 0. The molecule has 1 fully saturated rings. The third kappa shape index (κ3) is 4.49. The smallest absolute Gasteiger partial charge is 0.307 e. The predicted octanol–water partition coefficient (Wildman–Crippen LogP) is 0.966. The van der Waals surface area contributed by atoms with E-state index < -0.39 is 0 Å². The van der Waals surface area contributed by atoms with Crippen LogP contribution in [0, 0.1) is 0 Å². The van der Waals surface area contributed by atoms with Crippen LogP contribution in [0.4, 0.5) is 0 Å². The molecule has 0 bridgehead atoms. The Hall–Kier alpha value is -0.610. The Morgan fingerprint density at radius 1 is 1.25 bits per heavy atom. The first-order valence-corrected chi connectivity index (χ1v) is 6.25. The van der Waals surface area contributed by atoms with E-state index in [4.69, 9.17) is 4.74 Å². The van der Waals surface area contributed by atoms with Crippen molar-refractivity contribution in [1.29, 1.82) is 0 Å². The van der Waals surface area contributed by atoms with Gasteiger partial charge in [-0.25, -0.2) is 0 Å². The SMILES string of the molecule is CCOC(=O)CCN1CCN(C(C)C)CC1. The minimum absolute atomic E-state index is 0.0752. The van der Waals surface area contributed by atoms with Gasteiger partial charge in [0.05, 0.1) is 13.0 Å². The first kappa shape index (κ1) is 13.5. The van der Waals surface area contributed by atoms with E-state index in [-0.39, 0.29) is 5.97 Å². The molecule has 4 nitrogen and oxygen atoms in total. The van der Waals surface area contributed by atoms with E-state index in [1.165, 1.54) is 0 Å². The molecule has 0 aromatic rings. The van der Waals surface area contributed by atoms with Gasteiger partial charge in [-0.2, -0.15) is 0 Å². The van der Waals surface area contributed by atoms with Crippen LogP contribution in [0.5, 0.6) is 0 Å². The Bertz CT molecular complexity index is 211. The van der Waals surface area contributed by atoms with Crippen LogP contribution in [0.15, 0.2) is 0 Å². The molecule has 0 radical (unpaired) electrons. The van der Waals surface area contributed by atoms with Crippen molar-refractivity contribution in [3.05, 3.63) is 0 Å². The van der Waals surface area contributed by atoms with E-state index >= 15 is 0 Å². The third-order valence-electron chi connectivity index (χ3n) is 3.07. The molecule has 16 heavy (non-hydrogen) atoms. The van der Waals surface area contributed by atoms with Gasteiger partial charge in [0.25, 0.3) is 0 Å². The number of carbonyl (C=O) groups excluding carboxylic acids is 1. The lowest BCUT2D eigenvalue weighted by molar-refractivity contribution is -0.143. The Labute approximate surface area is 98.5 Å². The number of rotatable bonds is 5. The Morgan fingerprint density at radius 3 is 2.38 bits per heavy atom. The molecular formula is C12H24N2O2. The van der Waals surface area contributed by atoms with Gasteiger partial charge in [0, 0.05) is 38.8 Å². The van der Waals surface area contributed by atoms with Gasteiger partial charge in [0.1, 0.15) is 0 Å². The lowest BCUT2D eigenvalue weighted by Gasteiger charge is -2.36. The molecular weight excluding hydrogens is 204 g/mol. The van der Waals surface area contributed by atoms with Gasteiger partial charge in [-0.1, -0.05) is 0 Å². The summed E-state index contributed by atoms with van der Waals surface area (Å²) in [5.74, 6) is -0.0752. The average Bonchev–Trinajstić information content (AvgIpc) is 2.27. The summed E-state index contributed by atoms with van der Waals surface area (Å²) in [6.07, 6.45) is 0.523. The lowest BCUT2D eigenvalue weighted by Crippen LogP contribution is -2.49. The lowest BCUT2D eigenvalue weighted by atomic mass is 10.2. The molecule has 1 saturated heterocycles. The number of hydrogen-bond donors (Lipinski definition) is 0. The van der Waals surface area contributed by atoms with Gasteiger partial charge in [-0.05, 0) is 20.8 Å². The highest BCUT2D eigenvalue weighted by Crippen LogP contribution is 2.06. The van der Waals surface area contributed by atoms with Crippen LogP contribution in [0.3, 0.4) is 0 Å². The van der Waals surface area contributed by atoms with E-state index in [2.05, 4.69) is 23.6 Å². The molecule has 0 N–H and O–H groups in total. The van der Waals surface area contributed by atoms with Gasteiger partial charge in [-0.15, -0.1) is 0 Å². The monoisotopic (exact) mass is 228 g/mol. The van der Waals surface area contributed by atoms with Crippen molar-refractivity contribution in [2.24, 2.45) is 0 Å². The quantitative estimate of drug-likeness (QED) is 0.656. The molecule has 0 saturated carbocycles. The largest absolute Gasteiger partial charge is 0.466 e. The molecule has 0 spiro atoms. The number of esters is 1. The van der Waals surface area contributed by atoms with Crippen LogP contribution in [0.1, 0.15) is 27.2 Å². The van der Waals surface area contributed by atoms with Crippen LogP contribution in [0.25, 0.3) is 0 Å². The summed E-state index contributed by atoms with van der Waals surface area (Å²) < 4.78 is 4.92. The topological polar surface area (TPSA) is 32.8 Å². The summed E-state index contributed by atoms with van der Waals surface area (Å²) >= 11 is 0. The van der Waals surface area contributed by atoms with Crippen molar-refractivity contribution in [2.75, 3.05) is 39.3 Å². The Kier molecular flexibility index (Phi) is 5.77. The zero-order valence-corrected chi connectivity index (χ0v) is 10.7. The maximum Gasteiger partial charge on any atom is 0.307 e. The molecule has 4 heteroatoms. The Morgan fingerprint density at radius 2 is 1.88 bits per heavy atom. The predicted molar refractivity (Wildman–Crippen MR) is 64.4 cm³/mol. The molecule has 0 aliphatic carbocycles. The molecule has 0 aromatic heterocycles. The van der Waals surface area contributed by atoms with Gasteiger partial charge >= 0.3 is 5.97 Å². The standard InChI is InChI=1S/C12H24N2O2/c1-4-16-12(15)5-6-13-7-9-14(10-8-13)11(2)3/h11H,4-10H2,1-3H3. The van der Waals surface area contributed by atoms with Crippen LogP contribution in [0.2, 0.25) is 0 Å². The first-order chi connectivity index (χ1) is 7.63. The summed E-state index contributed by atoms with van der Waals surface area (Å²) in [6.45, 7) is 12.0. The van der Waals surface area contributed by atoms with Gasteiger partial charge < -0.3 is 9.64 Å². The van der Waals surface area contributed by atoms with Crippen LogP contribution in [-0.4, -0.2) is 61.1 Å². The maximum atomic E-state index is 11.2. The average molecular weight is 228 g/mol. The zero-order chi connectivity index (χ0) is 12.0. The number of carbonyl (C=O) groups is 1. The van der Waals surface area contributed by atoms with Crippen LogP contribution < -0.4 is 0 Å². The maximum absolute atomic E-state index is 11.2. The minimum atomic E-state index is -0.0752. The molecule has 1 rings (SSSR count). The van der Waals surface area contributed by atoms with Crippen LogP contribution >= 0.6 is 0 Å². The summed E-state index contributed by atoms with van der Waals surface area (Å²) in [5.41, 5.74) is 0. The highest BCUT2D eigenvalue weighted by Gasteiger charge is 2.18. The first-order valence-electron chi connectivity index (χ1n) is 6.25. The molecule has 0 amide bonds. The van der Waals surface area contributed by atoms with Gasteiger partial charge in [-0.3, -0.25) is 9.69 Å². The zero-order valence-electron chi connectivity index (χ0n) is 10.7. The van der Waals surface area contributed by atoms with Crippen molar-refractivity contribution < 1.29 is 9.53 Å². The molecule has 0 aromatic carbocycles. The van der Waals surface area contributed by atoms with E-state index in [0.717, 1.165) is 32.7 Å². The highest BCUT2D eigenvalue weighted by atomic mass is 16.5. The third-order valence-corrected chi connectivity index (χ3v) is 3.07. The molecule has 1 aliphatic heterocycles. The number of piperazine rings is 1. The number of hydrogen-bond acceptors (Lipinski definition) is 4. The molecule has 0 atom stereocenters. The highest BCUT2D eigenvalue weighted by molar-refractivity contribution is 5.69. The normalized spacial score (nSPS) is 19.0. The van der Waals surface area contributed by atoms with Gasteiger partial charge in [0.2, 0.25) is 0 Å². The van der Waals surface area contributed by atoms with Crippen molar-refractivity contribution in [3.63, 3.8) is 0 Å². The van der Waals surface area contributed by atoms with Crippen LogP contribution in [-0.2, 0) is 9.53 Å². The fourth-order valence-corrected chi connectivity index (χ4v) is 1.99. The van der Waals surface area contributed by atoms with E-state index in [9.17, 15) is 4.79 Å². The van der Waals surface area contributed by atoms with E-state index in [1.54, 1.807) is 0 Å². The number of nitrogens with zero attached hydrogens (tertiary/aromatic N) is 2. The van der Waals surface area contributed by atoms with Crippen molar-refractivity contribution in [1.82, 2.24) is 9.80 Å². The van der Waals surface area contributed by atoms with Crippen molar-refractivity contribution in [2.45, 2.75) is 33.2 Å². The fourth-order valence-electron chi connectivity index (χ4n) is 1.99. The fraction of sp³-hybridized carbons (Fsp3) is 0.917.